The fraction of sp³-hybridized carbons (Fsp3) is 0.292. The lowest BCUT2D eigenvalue weighted by Crippen LogP contribution is -2.20. The molecule has 1 aliphatic rings. The summed E-state index contributed by atoms with van der Waals surface area (Å²) in [4.78, 5) is 25.9. The van der Waals surface area contributed by atoms with Crippen LogP contribution < -0.4 is 16.4 Å². The first-order valence-electron chi connectivity index (χ1n) is 11.4. The van der Waals surface area contributed by atoms with E-state index in [-0.39, 0.29) is 5.41 Å². The minimum absolute atomic E-state index is 0.210. The Kier molecular flexibility index (Phi) is 4.56. The number of nitrogen functional groups attached to an aromatic ring is 1. The summed E-state index contributed by atoms with van der Waals surface area (Å²) in [7, 11) is 0. The van der Waals surface area contributed by atoms with Crippen LogP contribution in [-0.2, 0) is 5.41 Å². The van der Waals surface area contributed by atoms with E-state index in [1.807, 2.05) is 43.5 Å². The lowest BCUT2D eigenvalue weighted by Gasteiger charge is -2.12. The summed E-state index contributed by atoms with van der Waals surface area (Å²) >= 11 is 0. The molecule has 2 amide bonds. The molecule has 0 aromatic carbocycles. The molecule has 5 heterocycles. The van der Waals surface area contributed by atoms with Gasteiger partial charge in [0.05, 0.1) is 16.8 Å². The van der Waals surface area contributed by atoms with Gasteiger partial charge in [0.25, 0.3) is 0 Å². The van der Waals surface area contributed by atoms with E-state index in [9.17, 15) is 4.79 Å². The quantitative estimate of drug-likeness (QED) is 0.348. The zero-order valence-corrected chi connectivity index (χ0v) is 19.6. The Morgan fingerprint density at radius 3 is 2.71 bits per heavy atom. The van der Waals surface area contributed by atoms with E-state index in [0.29, 0.717) is 34.8 Å². The Bertz CT molecular complexity index is 1580. The molecule has 5 aromatic heterocycles. The van der Waals surface area contributed by atoms with Crippen molar-refractivity contribution in [3.05, 3.63) is 48.9 Å². The number of urea groups is 1. The van der Waals surface area contributed by atoms with Crippen molar-refractivity contribution < 1.29 is 9.32 Å². The number of rotatable bonds is 4. The average Bonchev–Trinajstić information content (AvgIpc) is 3.20. The number of carbonyl (C=O) groups excluding carboxylic acids is 1. The van der Waals surface area contributed by atoms with Crippen LogP contribution in [0.4, 0.5) is 22.1 Å². The molecule has 178 valence electrons. The van der Waals surface area contributed by atoms with Crippen molar-refractivity contribution in [1.29, 1.82) is 0 Å². The number of nitrogens with zero attached hydrogens (tertiary/aromatic N) is 6. The lowest BCUT2D eigenvalue weighted by atomic mass is 9.93. The summed E-state index contributed by atoms with van der Waals surface area (Å²) in [5, 5.41) is 10.3. The zero-order valence-electron chi connectivity index (χ0n) is 19.6. The summed E-state index contributed by atoms with van der Waals surface area (Å²) < 4.78 is 9.43. The molecule has 1 aliphatic carbocycles. The van der Waals surface area contributed by atoms with Gasteiger partial charge in [-0.2, -0.15) is 0 Å². The van der Waals surface area contributed by atoms with E-state index in [0.717, 1.165) is 35.1 Å². The molecule has 11 nitrogen and oxygen atoms in total. The molecular formula is C24H25N9O2. The maximum absolute atomic E-state index is 12.7. The van der Waals surface area contributed by atoms with Gasteiger partial charge in [-0.15, -0.1) is 0 Å². The maximum atomic E-state index is 12.7. The number of fused-ring (bicyclic) bond motifs is 2. The number of nitrogens with two attached hydrogens (primary N) is 1. The number of pyridine rings is 1. The first-order valence-corrected chi connectivity index (χ1v) is 11.4. The monoisotopic (exact) mass is 471 g/mol. The fourth-order valence-electron chi connectivity index (χ4n) is 4.22. The van der Waals surface area contributed by atoms with Crippen LogP contribution in [0.3, 0.4) is 0 Å². The van der Waals surface area contributed by atoms with Crippen molar-refractivity contribution in [2.45, 2.75) is 45.1 Å². The van der Waals surface area contributed by atoms with Gasteiger partial charge in [0.15, 0.2) is 11.5 Å². The average molecular weight is 472 g/mol. The minimum atomic E-state index is -0.445. The minimum Gasteiger partial charge on any atom is -0.383 e. The van der Waals surface area contributed by atoms with Crippen molar-refractivity contribution >= 4 is 40.0 Å². The van der Waals surface area contributed by atoms with E-state index in [1.165, 1.54) is 6.33 Å². The number of carbonyl (C=O) groups is 1. The summed E-state index contributed by atoms with van der Waals surface area (Å²) in [5.41, 5.74) is 9.83. The molecule has 0 aliphatic heterocycles. The van der Waals surface area contributed by atoms with Crippen LogP contribution in [0.2, 0.25) is 0 Å². The summed E-state index contributed by atoms with van der Waals surface area (Å²) in [5.74, 6) is 1.45. The van der Waals surface area contributed by atoms with Crippen LogP contribution in [-0.4, -0.2) is 35.1 Å². The Morgan fingerprint density at radius 1 is 1.14 bits per heavy atom. The van der Waals surface area contributed by atoms with E-state index >= 15 is 0 Å². The smallest absolute Gasteiger partial charge is 0.325 e. The molecule has 1 fully saturated rings. The number of anilines is 3. The third kappa shape index (κ3) is 3.65. The van der Waals surface area contributed by atoms with Gasteiger partial charge in [-0.1, -0.05) is 25.9 Å². The van der Waals surface area contributed by atoms with E-state index in [2.05, 4.69) is 41.5 Å². The molecular weight excluding hydrogens is 446 g/mol. The topological polar surface area (TPSA) is 141 Å². The van der Waals surface area contributed by atoms with Gasteiger partial charge in [0.2, 0.25) is 0 Å². The van der Waals surface area contributed by atoms with Crippen molar-refractivity contribution in [1.82, 2.24) is 29.1 Å². The van der Waals surface area contributed by atoms with Gasteiger partial charge in [0, 0.05) is 41.7 Å². The van der Waals surface area contributed by atoms with Crippen LogP contribution in [0, 0.1) is 0 Å². The Labute approximate surface area is 200 Å². The van der Waals surface area contributed by atoms with Crippen molar-refractivity contribution in [2.75, 3.05) is 16.4 Å². The molecule has 1 saturated carbocycles. The standard InChI is InChI=1S/C24H25N9O2/c1-24(2,3)17-10-18(31-35-17)30-23(34)29-15-6-7-16(32-9-8-26-21(15)32)14-11-33(13-4-5-13)22-19(14)20(25)27-12-28-22/h6-13H,4-5H2,1-3H3,(H2,25,27,28)(H2,29,30,31,34). The number of hydrogen-bond acceptors (Lipinski definition) is 7. The summed E-state index contributed by atoms with van der Waals surface area (Å²) in [6.07, 6.45) is 9.36. The second-order valence-corrected chi connectivity index (χ2v) is 9.80. The third-order valence-electron chi connectivity index (χ3n) is 6.14. The molecule has 0 unspecified atom stereocenters. The predicted octanol–water partition coefficient (Wildman–Crippen LogP) is 4.59. The highest BCUT2D eigenvalue weighted by molar-refractivity contribution is 6.03. The van der Waals surface area contributed by atoms with E-state index in [4.69, 9.17) is 10.3 Å². The van der Waals surface area contributed by atoms with Crippen LogP contribution in [0.25, 0.3) is 27.9 Å². The second-order valence-electron chi connectivity index (χ2n) is 9.80. The van der Waals surface area contributed by atoms with E-state index in [1.54, 1.807) is 12.3 Å². The molecule has 4 N–H and O–H groups in total. The molecule has 5 aromatic rings. The molecule has 11 heteroatoms. The number of imidazole rings is 1. The highest BCUT2D eigenvalue weighted by Crippen LogP contribution is 2.42. The molecule has 0 saturated heterocycles. The maximum Gasteiger partial charge on any atom is 0.325 e. The van der Waals surface area contributed by atoms with Crippen molar-refractivity contribution in [3.63, 3.8) is 0 Å². The first-order chi connectivity index (χ1) is 16.8. The van der Waals surface area contributed by atoms with Crippen molar-refractivity contribution in [3.8, 4) is 11.3 Å². The van der Waals surface area contributed by atoms with Gasteiger partial charge < -0.3 is 20.1 Å². The Balaban J connectivity index is 1.34. The SMILES string of the molecule is CC(C)(C)c1cc(NC(=O)Nc2ccc(-c3cn(C4CC4)c4ncnc(N)c34)n3ccnc23)no1. The number of nitrogens with one attached hydrogen (secondary N) is 2. The summed E-state index contributed by atoms with van der Waals surface area (Å²) in [6.45, 7) is 6.03. The van der Waals surface area contributed by atoms with Gasteiger partial charge in [-0.25, -0.2) is 19.7 Å². The van der Waals surface area contributed by atoms with Crippen LogP contribution in [0.1, 0.15) is 45.4 Å². The van der Waals surface area contributed by atoms with Gasteiger partial charge in [0.1, 0.15) is 23.6 Å². The number of hydrogen-bond donors (Lipinski definition) is 3. The number of amides is 2. The molecule has 0 bridgehead atoms. The van der Waals surface area contributed by atoms with Gasteiger partial charge >= 0.3 is 6.03 Å². The molecule has 0 radical (unpaired) electrons. The first kappa shape index (κ1) is 21.1. The molecule has 0 spiro atoms. The highest BCUT2D eigenvalue weighted by Gasteiger charge is 2.28. The fourth-order valence-corrected chi connectivity index (χ4v) is 4.22. The van der Waals surface area contributed by atoms with Gasteiger partial charge in [-0.05, 0) is 25.0 Å². The highest BCUT2D eigenvalue weighted by atomic mass is 16.5. The van der Waals surface area contributed by atoms with Crippen LogP contribution >= 0.6 is 0 Å². The van der Waals surface area contributed by atoms with Crippen LogP contribution in [0.15, 0.2) is 47.6 Å². The number of aromatic nitrogens is 6. The molecule has 35 heavy (non-hydrogen) atoms. The normalized spacial score (nSPS) is 14.0. The Hall–Kier alpha value is -4.41. The van der Waals surface area contributed by atoms with Crippen molar-refractivity contribution in [2.24, 2.45) is 0 Å². The zero-order chi connectivity index (χ0) is 24.3. The van der Waals surface area contributed by atoms with E-state index < -0.39 is 6.03 Å². The summed E-state index contributed by atoms with van der Waals surface area (Å²) in [6, 6.07) is 5.45. The molecule has 6 rings (SSSR count). The Morgan fingerprint density at radius 2 is 1.97 bits per heavy atom. The molecule has 0 atom stereocenters. The van der Waals surface area contributed by atoms with Gasteiger partial charge in [-0.3, -0.25) is 9.72 Å². The predicted molar refractivity (Wildman–Crippen MR) is 132 cm³/mol. The second kappa shape index (κ2) is 7.55. The third-order valence-corrected chi connectivity index (χ3v) is 6.14. The van der Waals surface area contributed by atoms with Crippen LogP contribution in [0.5, 0.6) is 0 Å². The largest absolute Gasteiger partial charge is 0.383 e. The lowest BCUT2D eigenvalue weighted by molar-refractivity contribution is 0.262.